The van der Waals surface area contributed by atoms with Gasteiger partial charge in [0.1, 0.15) is 11.3 Å². The summed E-state index contributed by atoms with van der Waals surface area (Å²) in [6, 6.07) is 3.33. The lowest BCUT2D eigenvalue weighted by Gasteiger charge is -2.13. The summed E-state index contributed by atoms with van der Waals surface area (Å²) in [5, 5.41) is 0. The molecule has 0 aromatic heterocycles. The van der Waals surface area contributed by atoms with Gasteiger partial charge in [-0.1, -0.05) is 12.2 Å². The van der Waals surface area contributed by atoms with Gasteiger partial charge < -0.3 is 15.2 Å². The number of hydrogen-bond acceptors (Lipinski definition) is 4. The van der Waals surface area contributed by atoms with E-state index < -0.39 is 5.97 Å². The third-order valence-electron chi connectivity index (χ3n) is 2.29. The summed E-state index contributed by atoms with van der Waals surface area (Å²) in [7, 11) is 2.84. The van der Waals surface area contributed by atoms with Crippen LogP contribution in [-0.4, -0.2) is 20.2 Å². The molecule has 0 radical (unpaired) electrons. The minimum absolute atomic E-state index is 0.339. The number of hydrogen-bond donors (Lipinski definition) is 1. The van der Waals surface area contributed by atoms with E-state index in [1.807, 2.05) is 6.92 Å². The van der Waals surface area contributed by atoms with Crippen molar-refractivity contribution >= 4 is 11.7 Å². The second-order valence-corrected chi connectivity index (χ2v) is 3.89. The number of benzene rings is 1. The zero-order valence-electron chi connectivity index (χ0n) is 10.4. The van der Waals surface area contributed by atoms with Crippen LogP contribution in [0.4, 0.5) is 5.69 Å². The van der Waals surface area contributed by atoms with Gasteiger partial charge in [-0.25, -0.2) is 4.79 Å². The molecular weight excluding hydrogens is 218 g/mol. The third kappa shape index (κ3) is 3.00. The zero-order valence-corrected chi connectivity index (χ0v) is 10.4. The fourth-order valence-electron chi connectivity index (χ4n) is 1.67. The Bertz CT molecular complexity index is 452. The molecule has 0 bridgehead atoms. The molecular formula is C13H17NO3. The van der Waals surface area contributed by atoms with Gasteiger partial charge in [0, 0.05) is 11.3 Å². The number of esters is 1. The normalized spacial score (nSPS) is 9.82. The lowest BCUT2D eigenvalue weighted by molar-refractivity contribution is 0.0597. The van der Waals surface area contributed by atoms with Crippen molar-refractivity contribution in [3.05, 3.63) is 35.4 Å². The number of carbonyl (C=O) groups excluding carboxylic acids is 1. The van der Waals surface area contributed by atoms with Crippen molar-refractivity contribution < 1.29 is 14.3 Å². The van der Waals surface area contributed by atoms with E-state index in [1.165, 1.54) is 14.2 Å². The van der Waals surface area contributed by atoms with Crippen molar-refractivity contribution in [2.75, 3.05) is 20.0 Å². The second kappa shape index (κ2) is 5.39. The van der Waals surface area contributed by atoms with E-state index in [1.54, 1.807) is 12.1 Å². The summed E-state index contributed by atoms with van der Waals surface area (Å²) in [6.45, 7) is 5.74. The quantitative estimate of drug-likeness (QED) is 0.493. The molecule has 0 saturated heterocycles. The molecule has 0 heterocycles. The van der Waals surface area contributed by atoms with E-state index in [9.17, 15) is 4.79 Å². The highest BCUT2D eigenvalue weighted by molar-refractivity contribution is 5.94. The highest BCUT2D eigenvalue weighted by Gasteiger charge is 2.17. The van der Waals surface area contributed by atoms with Gasteiger partial charge in [0.05, 0.1) is 14.2 Å². The summed E-state index contributed by atoms with van der Waals surface area (Å²) < 4.78 is 9.95. The maximum Gasteiger partial charge on any atom is 0.341 e. The molecule has 17 heavy (non-hydrogen) atoms. The van der Waals surface area contributed by atoms with Gasteiger partial charge in [0.15, 0.2) is 0 Å². The molecule has 0 amide bonds. The predicted octanol–water partition coefficient (Wildman–Crippen LogP) is 2.18. The summed E-state index contributed by atoms with van der Waals surface area (Å²) in [5.41, 5.74) is 8.40. The van der Waals surface area contributed by atoms with Gasteiger partial charge >= 0.3 is 5.97 Å². The van der Waals surface area contributed by atoms with E-state index in [4.69, 9.17) is 15.2 Å². The molecule has 0 aliphatic carbocycles. The Kier molecular flexibility index (Phi) is 4.15. The van der Waals surface area contributed by atoms with Crippen molar-refractivity contribution in [3.63, 3.8) is 0 Å². The van der Waals surface area contributed by atoms with Crippen molar-refractivity contribution in [2.45, 2.75) is 13.3 Å². The molecule has 1 aromatic rings. The predicted molar refractivity (Wildman–Crippen MR) is 67.3 cm³/mol. The van der Waals surface area contributed by atoms with Gasteiger partial charge in [0.2, 0.25) is 0 Å². The maximum absolute atomic E-state index is 11.6. The Hall–Kier alpha value is -1.97. The monoisotopic (exact) mass is 235 g/mol. The van der Waals surface area contributed by atoms with Gasteiger partial charge in [-0.3, -0.25) is 0 Å². The van der Waals surface area contributed by atoms with E-state index in [-0.39, 0.29) is 0 Å². The number of carbonyl (C=O) groups is 1. The molecule has 0 spiro atoms. The molecule has 1 rings (SSSR count). The number of anilines is 1. The fourth-order valence-corrected chi connectivity index (χ4v) is 1.67. The third-order valence-corrected chi connectivity index (χ3v) is 2.29. The first-order valence-corrected chi connectivity index (χ1v) is 5.18. The summed E-state index contributed by atoms with van der Waals surface area (Å²) in [4.78, 5) is 11.6. The van der Waals surface area contributed by atoms with Gasteiger partial charge in [-0.15, -0.1) is 0 Å². The average Bonchev–Trinajstić information content (AvgIpc) is 2.26. The van der Waals surface area contributed by atoms with Crippen LogP contribution in [0.1, 0.15) is 22.8 Å². The van der Waals surface area contributed by atoms with Crippen LogP contribution in [0.3, 0.4) is 0 Å². The van der Waals surface area contributed by atoms with Gasteiger partial charge in [-0.2, -0.15) is 0 Å². The highest BCUT2D eigenvalue weighted by atomic mass is 16.5. The number of ether oxygens (including phenoxy) is 2. The minimum Gasteiger partial charge on any atom is -0.496 e. The minimum atomic E-state index is -0.461. The van der Waals surface area contributed by atoms with E-state index in [0.717, 1.165) is 11.1 Å². The average molecular weight is 235 g/mol. The maximum atomic E-state index is 11.6. The fraction of sp³-hybridized carbons (Fsp3) is 0.308. The Morgan fingerprint density at radius 1 is 1.41 bits per heavy atom. The molecule has 4 heteroatoms. The Morgan fingerprint density at radius 3 is 2.53 bits per heavy atom. The first-order valence-electron chi connectivity index (χ1n) is 5.18. The zero-order chi connectivity index (χ0) is 13.0. The Morgan fingerprint density at radius 2 is 2.06 bits per heavy atom. The van der Waals surface area contributed by atoms with Crippen LogP contribution < -0.4 is 10.5 Å². The highest BCUT2D eigenvalue weighted by Crippen LogP contribution is 2.29. The number of methoxy groups -OCH3 is 2. The molecule has 0 fully saturated rings. The van der Waals surface area contributed by atoms with Crippen molar-refractivity contribution in [1.82, 2.24) is 0 Å². The molecule has 0 unspecified atom stereocenters. The van der Waals surface area contributed by atoms with Crippen molar-refractivity contribution in [3.8, 4) is 5.75 Å². The summed E-state index contributed by atoms with van der Waals surface area (Å²) >= 11 is 0. The lowest BCUT2D eigenvalue weighted by Crippen LogP contribution is -2.08. The second-order valence-electron chi connectivity index (χ2n) is 3.89. The number of rotatable bonds is 4. The first-order chi connectivity index (χ1) is 7.99. The topological polar surface area (TPSA) is 61.6 Å². The van der Waals surface area contributed by atoms with E-state index >= 15 is 0 Å². The molecule has 0 atom stereocenters. The molecule has 0 saturated carbocycles. The van der Waals surface area contributed by atoms with Crippen LogP contribution in [0.25, 0.3) is 0 Å². The first kappa shape index (κ1) is 13.1. The SMILES string of the molecule is C=C(C)Cc1cc(N)cc(C(=O)OC)c1OC. The molecule has 0 aliphatic rings. The van der Waals surface area contributed by atoms with Crippen molar-refractivity contribution in [1.29, 1.82) is 0 Å². The van der Waals surface area contributed by atoms with Gasteiger partial charge in [-0.05, 0) is 25.5 Å². The summed E-state index contributed by atoms with van der Waals surface area (Å²) in [6.07, 6.45) is 0.609. The molecule has 1 aromatic carbocycles. The number of nitrogens with two attached hydrogens (primary N) is 1. The van der Waals surface area contributed by atoms with Crippen LogP contribution >= 0.6 is 0 Å². The summed E-state index contributed by atoms with van der Waals surface area (Å²) in [5.74, 6) is 0.0335. The molecule has 92 valence electrons. The van der Waals surface area contributed by atoms with E-state index in [0.29, 0.717) is 23.4 Å². The smallest absolute Gasteiger partial charge is 0.341 e. The van der Waals surface area contributed by atoms with E-state index in [2.05, 4.69) is 6.58 Å². The largest absolute Gasteiger partial charge is 0.496 e. The van der Waals surface area contributed by atoms with Gasteiger partial charge in [0.25, 0.3) is 0 Å². The molecule has 2 N–H and O–H groups in total. The Balaban J connectivity index is 3.34. The lowest BCUT2D eigenvalue weighted by atomic mass is 10.0. The molecule has 4 nitrogen and oxygen atoms in total. The molecule has 0 aliphatic heterocycles. The standard InChI is InChI=1S/C13H17NO3/c1-8(2)5-9-6-10(14)7-11(12(9)16-3)13(15)17-4/h6-7H,1,5,14H2,2-4H3. The van der Waals surface area contributed by atoms with Crippen LogP contribution in [0.5, 0.6) is 5.75 Å². The number of nitrogen functional groups attached to an aromatic ring is 1. The number of allylic oxidation sites excluding steroid dienone is 1. The van der Waals surface area contributed by atoms with Crippen LogP contribution in [0.2, 0.25) is 0 Å². The van der Waals surface area contributed by atoms with Crippen LogP contribution in [-0.2, 0) is 11.2 Å². The van der Waals surface area contributed by atoms with Crippen LogP contribution in [0, 0.1) is 0 Å². The van der Waals surface area contributed by atoms with Crippen molar-refractivity contribution in [2.24, 2.45) is 0 Å². The Labute approximate surface area is 101 Å². The van der Waals surface area contributed by atoms with Crippen LogP contribution in [0.15, 0.2) is 24.3 Å².